The molecule has 0 aromatic carbocycles. The molecular weight excluding hydrogens is 144 g/mol. The second-order valence-electron chi connectivity index (χ2n) is 1.69. The maximum absolute atomic E-state index is 10.8. The molecule has 0 aromatic heterocycles. The fraction of sp³-hybridized carbons (Fsp3) is 0.375. The number of allylic oxidation sites excluding steroid dienone is 2. The number of methoxy groups -OCH3 is 1. The summed E-state index contributed by atoms with van der Waals surface area (Å²) < 4.78 is 9.39. The number of rotatable bonds is 4. The maximum Gasteiger partial charge on any atom is 0.373 e. The van der Waals surface area contributed by atoms with Gasteiger partial charge in [-0.1, -0.05) is 12.7 Å². The topological polar surface area (TPSA) is 35.5 Å². The quantitative estimate of drug-likeness (QED) is 0.266. The van der Waals surface area contributed by atoms with Crippen LogP contribution in [0.25, 0.3) is 0 Å². The van der Waals surface area contributed by atoms with E-state index in [2.05, 4.69) is 11.3 Å². The van der Waals surface area contributed by atoms with Crippen LogP contribution in [0.3, 0.4) is 0 Å². The minimum absolute atomic E-state index is 0.185. The summed E-state index contributed by atoms with van der Waals surface area (Å²) in [6, 6.07) is 0. The average Bonchev–Trinajstić information content (AvgIpc) is 2.03. The van der Waals surface area contributed by atoms with Gasteiger partial charge in [-0.2, -0.15) is 0 Å². The van der Waals surface area contributed by atoms with E-state index < -0.39 is 5.97 Å². The zero-order chi connectivity index (χ0) is 8.69. The number of ether oxygens (including phenoxy) is 2. The Morgan fingerprint density at radius 1 is 1.64 bits per heavy atom. The fourth-order valence-corrected chi connectivity index (χ4v) is 0.538. The minimum atomic E-state index is -0.480. The van der Waals surface area contributed by atoms with Crippen LogP contribution in [0.4, 0.5) is 0 Å². The Balaban J connectivity index is 4.20. The first-order chi connectivity index (χ1) is 5.26. The van der Waals surface area contributed by atoms with E-state index in [9.17, 15) is 4.79 Å². The van der Waals surface area contributed by atoms with Crippen molar-refractivity contribution in [2.45, 2.75) is 6.92 Å². The van der Waals surface area contributed by atoms with Gasteiger partial charge in [0, 0.05) is 0 Å². The van der Waals surface area contributed by atoms with E-state index in [0.717, 1.165) is 0 Å². The lowest BCUT2D eigenvalue weighted by molar-refractivity contribution is -0.140. The van der Waals surface area contributed by atoms with E-state index in [1.54, 1.807) is 6.92 Å². The van der Waals surface area contributed by atoms with Crippen molar-refractivity contribution in [3.8, 4) is 0 Å². The summed E-state index contributed by atoms with van der Waals surface area (Å²) in [5.41, 5.74) is 0. The zero-order valence-corrected chi connectivity index (χ0v) is 6.79. The Kier molecular flexibility index (Phi) is 4.90. The molecule has 0 saturated carbocycles. The van der Waals surface area contributed by atoms with Gasteiger partial charge in [-0.05, 0) is 13.0 Å². The van der Waals surface area contributed by atoms with E-state index in [1.165, 1.54) is 19.3 Å². The molecule has 0 aliphatic rings. The summed E-state index contributed by atoms with van der Waals surface area (Å²) in [7, 11) is 1.30. The molecule has 0 aromatic rings. The number of esters is 1. The molecule has 3 nitrogen and oxygen atoms in total. The third-order valence-electron chi connectivity index (χ3n) is 0.956. The molecular formula is C8H12O3. The zero-order valence-electron chi connectivity index (χ0n) is 6.79. The lowest BCUT2D eigenvalue weighted by Gasteiger charge is -2.03. The third-order valence-corrected chi connectivity index (χ3v) is 0.956. The van der Waals surface area contributed by atoms with Crippen molar-refractivity contribution in [2.75, 3.05) is 13.7 Å². The van der Waals surface area contributed by atoms with Crippen molar-refractivity contribution in [1.82, 2.24) is 0 Å². The first-order valence-electron chi connectivity index (χ1n) is 3.30. The summed E-state index contributed by atoms with van der Waals surface area (Å²) >= 11 is 0. The van der Waals surface area contributed by atoms with Crippen LogP contribution in [-0.2, 0) is 14.3 Å². The standard InChI is InChI=1S/C8H12O3/c1-4-6-7(11-5-2)8(9)10-3/h4,6H,1,5H2,2-3H3/b7-6+. The average molecular weight is 156 g/mol. The summed E-state index contributed by atoms with van der Waals surface area (Å²) in [6.45, 7) is 5.67. The first-order valence-corrected chi connectivity index (χ1v) is 3.30. The number of hydrogen-bond acceptors (Lipinski definition) is 3. The Hall–Kier alpha value is -1.25. The van der Waals surface area contributed by atoms with Crippen LogP contribution in [0, 0.1) is 0 Å². The Morgan fingerprint density at radius 3 is 2.64 bits per heavy atom. The molecule has 0 atom stereocenters. The summed E-state index contributed by atoms with van der Waals surface area (Å²) in [6.07, 6.45) is 2.94. The van der Waals surface area contributed by atoms with Gasteiger partial charge in [-0.15, -0.1) is 0 Å². The van der Waals surface area contributed by atoms with Gasteiger partial charge >= 0.3 is 5.97 Å². The van der Waals surface area contributed by atoms with Gasteiger partial charge < -0.3 is 9.47 Å². The number of hydrogen-bond donors (Lipinski definition) is 0. The maximum atomic E-state index is 10.8. The molecule has 0 rings (SSSR count). The van der Waals surface area contributed by atoms with Crippen molar-refractivity contribution in [2.24, 2.45) is 0 Å². The van der Waals surface area contributed by atoms with Gasteiger partial charge in [-0.25, -0.2) is 4.79 Å². The smallest absolute Gasteiger partial charge is 0.373 e. The van der Waals surface area contributed by atoms with Crippen LogP contribution in [0.1, 0.15) is 6.92 Å². The summed E-state index contributed by atoms with van der Waals surface area (Å²) in [5.74, 6) is -0.295. The molecule has 0 unspecified atom stereocenters. The van der Waals surface area contributed by atoms with Crippen LogP contribution in [0.2, 0.25) is 0 Å². The van der Waals surface area contributed by atoms with Crippen LogP contribution < -0.4 is 0 Å². The molecule has 0 aliphatic heterocycles. The molecule has 0 amide bonds. The van der Waals surface area contributed by atoms with Gasteiger partial charge in [0.05, 0.1) is 13.7 Å². The lowest BCUT2D eigenvalue weighted by Crippen LogP contribution is -2.07. The normalized spacial score (nSPS) is 10.5. The highest BCUT2D eigenvalue weighted by molar-refractivity contribution is 5.86. The SMILES string of the molecule is C=C/C=C(/OCC)C(=O)OC. The predicted octanol–water partition coefficient (Wildman–Crippen LogP) is 1.27. The second kappa shape index (κ2) is 5.53. The lowest BCUT2D eigenvalue weighted by atomic mass is 10.4. The summed E-state index contributed by atoms with van der Waals surface area (Å²) in [5, 5.41) is 0. The first kappa shape index (κ1) is 9.75. The largest absolute Gasteiger partial charge is 0.487 e. The molecule has 0 saturated heterocycles. The van der Waals surface area contributed by atoms with Gasteiger partial charge in [0.2, 0.25) is 5.76 Å². The Morgan fingerprint density at radius 2 is 2.27 bits per heavy atom. The van der Waals surface area contributed by atoms with E-state index in [0.29, 0.717) is 6.61 Å². The molecule has 0 heterocycles. The van der Waals surface area contributed by atoms with Crippen molar-refractivity contribution in [3.63, 3.8) is 0 Å². The molecule has 3 heteroatoms. The van der Waals surface area contributed by atoms with Crippen LogP contribution in [0.15, 0.2) is 24.5 Å². The predicted molar refractivity (Wildman–Crippen MR) is 41.9 cm³/mol. The fourth-order valence-electron chi connectivity index (χ4n) is 0.538. The molecule has 62 valence electrons. The van der Waals surface area contributed by atoms with Gasteiger partial charge in [0.15, 0.2) is 0 Å². The monoisotopic (exact) mass is 156 g/mol. The van der Waals surface area contributed by atoms with E-state index in [4.69, 9.17) is 4.74 Å². The molecule has 0 N–H and O–H groups in total. The highest BCUT2D eigenvalue weighted by Gasteiger charge is 2.07. The molecule has 0 radical (unpaired) electrons. The highest BCUT2D eigenvalue weighted by atomic mass is 16.6. The van der Waals surface area contributed by atoms with Crippen molar-refractivity contribution < 1.29 is 14.3 Å². The Bertz CT molecular complexity index is 170. The van der Waals surface area contributed by atoms with E-state index >= 15 is 0 Å². The van der Waals surface area contributed by atoms with Crippen LogP contribution >= 0.6 is 0 Å². The van der Waals surface area contributed by atoms with Crippen molar-refractivity contribution in [1.29, 1.82) is 0 Å². The van der Waals surface area contributed by atoms with Crippen molar-refractivity contribution in [3.05, 3.63) is 24.5 Å². The second-order valence-corrected chi connectivity index (χ2v) is 1.69. The van der Waals surface area contributed by atoms with Crippen LogP contribution in [0.5, 0.6) is 0 Å². The molecule has 0 aliphatic carbocycles. The molecule has 11 heavy (non-hydrogen) atoms. The molecule has 0 bridgehead atoms. The van der Waals surface area contributed by atoms with Crippen LogP contribution in [-0.4, -0.2) is 19.7 Å². The minimum Gasteiger partial charge on any atom is -0.487 e. The van der Waals surface area contributed by atoms with E-state index in [-0.39, 0.29) is 5.76 Å². The number of carbonyl (C=O) groups is 1. The molecule has 0 fully saturated rings. The molecule has 0 spiro atoms. The number of carbonyl (C=O) groups excluding carboxylic acids is 1. The highest BCUT2D eigenvalue weighted by Crippen LogP contribution is 1.99. The third kappa shape index (κ3) is 3.45. The van der Waals surface area contributed by atoms with E-state index in [1.807, 2.05) is 0 Å². The van der Waals surface area contributed by atoms with Gasteiger partial charge in [0.1, 0.15) is 0 Å². The van der Waals surface area contributed by atoms with Gasteiger partial charge in [0.25, 0.3) is 0 Å². The summed E-state index contributed by atoms with van der Waals surface area (Å²) in [4.78, 5) is 10.8. The Labute approximate surface area is 66.3 Å². The van der Waals surface area contributed by atoms with Crippen molar-refractivity contribution >= 4 is 5.97 Å². The van der Waals surface area contributed by atoms with Gasteiger partial charge in [-0.3, -0.25) is 0 Å².